The minimum Gasteiger partial charge on any atom is -0.352 e. The second-order valence-electron chi connectivity index (χ2n) is 8.22. The SMILES string of the molecule is Cc1cc2nnccc2cc1Nc1ncc2c(n1)c(C1CCS(C)(O)CC1)nn2C. The summed E-state index contributed by atoms with van der Waals surface area (Å²) in [4.78, 5) is 9.35. The Hall–Kier alpha value is -2.78. The minimum atomic E-state index is -1.43. The molecule has 0 amide bonds. The lowest BCUT2D eigenvalue weighted by Crippen LogP contribution is -2.19. The third kappa shape index (κ3) is 3.48. The zero-order valence-electron chi connectivity index (χ0n) is 17.3. The summed E-state index contributed by atoms with van der Waals surface area (Å²) in [6.07, 6.45) is 7.42. The number of hydrogen-bond donors (Lipinski definition) is 2. The zero-order valence-corrected chi connectivity index (χ0v) is 18.1. The highest BCUT2D eigenvalue weighted by Crippen LogP contribution is 2.49. The van der Waals surface area contributed by atoms with E-state index in [0.29, 0.717) is 11.9 Å². The fourth-order valence-corrected chi connectivity index (χ4v) is 5.89. The molecular weight excluding hydrogens is 398 g/mol. The monoisotopic (exact) mass is 423 g/mol. The summed E-state index contributed by atoms with van der Waals surface area (Å²) in [6, 6.07) is 5.99. The van der Waals surface area contributed by atoms with Crippen molar-refractivity contribution in [3.63, 3.8) is 0 Å². The van der Waals surface area contributed by atoms with Crippen molar-refractivity contribution in [3.8, 4) is 0 Å². The molecule has 0 atom stereocenters. The molecule has 9 heteroatoms. The molecule has 2 N–H and O–H groups in total. The lowest BCUT2D eigenvalue weighted by molar-refractivity contribution is 0.553. The van der Waals surface area contributed by atoms with Gasteiger partial charge in [0.25, 0.3) is 0 Å². The average molecular weight is 424 g/mol. The fraction of sp³-hybridized carbons (Fsp3) is 0.381. The van der Waals surface area contributed by atoms with Crippen LogP contribution in [0.1, 0.15) is 30.0 Å². The summed E-state index contributed by atoms with van der Waals surface area (Å²) in [5.74, 6) is 2.61. The van der Waals surface area contributed by atoms with E-state index in [9.17, 15) is 4.55 Å². The van der Waals surface area contributed by atoms with Crippen molar-refractivity contribution in [3.05, 3.63) is 41.9 Å². The van der Waals surface area contributed by atoms with E-state index in [-0.39, 0.29) is 0 Å². The molecule has 1 aliphatic heterocycles. The van der Waals surface area contributed by atoms with Gasteiger partial charge in [-0.2, -0.15) is 15.3 Å². The molecule has 0 bridgehead atoms. The van der Waals surface area contributed by atoms with Crippen molar-refractivity contribution in [1.29, 1.82) is 0 Å². The molecule has 1 aliphatic rings. The van der Waals surface area contributed by atoms with Crippen molar-refractivity contribution in [2.45, 2.75) is 25.7 Å². The molecule has 0 unspecified atom stereocenters. The van der Waals surface area contributed by atoms with Crippen LogP contribution >= 0.6 is 10.3 Å². The first-order valence-corrected chi connectivity index (χ1v) is 12.4. The Labute approximate surface area is 176 Å². The van der Waals surface area contributed by atoms with E-state index in [1.165, 1.54) is 0 Å². The van der Waals surface area contributed by atoms with Crippen LogP contribution in [-0.4, -0.2) is 52.3 Å². The number of benzene rings is 1. The largest absolute Gasteiger partial charge is 0.352 e. The van der Waals surface area contributed by atoms with Crippen LogP contribution in [0.3, 0.4) is 0 Å². The summed E-state index contributed by atoms with van der Waals surface area (Å²) >= 11 is 0. The maximum atomic E-state index is 10.4. The van der Waals surface area contributed by atoms with Gasteiger partial charge in [-0.3, -0.25) is 4.68 Å². The van der Waals surface area contributed by atoms with Crippen molar-refractivity contribution in [2.24, 2.45) is 7.05 Å². The van der Waals surface area contributed by atoms with E-state index < -0.39 is 10.3 Å². The number of aromatic nitrogens is 6. The first-order valence-electron chi connectivity index (χ1n) is 10.0. The van der Waals surface area contributed by atoms with Gasteiger partial charge in [0, 0.05) is 24.0 Å². The van der Waals surface area contributed by atoms with Gasteiger partial charge in [-0.15, -0.1) is 10.3 Å². The molecule has 4 heterocycles. The number of nitrogens with zero attached hydrogens (tertiary/aromatic N) is 6. The predicted octanol–water partition coefficient (Wildman–Crippen LogP) is 4.14. The first-order chi connectivity index (χ1) is 14.4. The molecule has 0 spiro atoms. The highest BCUT2D eigenvalue weighted by molar-refractivity contribution is 8.28. The van der Waals surface area contributed by atoms with Crippen LogP contribution in [-0.2, 0) is 7.05 Å². The van der Waals surface area contributed by atoms with Gasteiger partial charge in [-0.05, 0) is 61.3 Å². The second-order valence-corrected chi connectivity index (χ2v) is 11.5. The van der Waals surface area contributed by atoms with Gasteiger partial charge in [-0.1, -0.05) is 0 Å². The number of nitrogens with one attached hydrogen (secondary N) is 1. The van der Waals surface area contributed by atoms with Crippen LogP contribution in [0, 0.1) is 6.92 Å². The van der Waals surface area contributed by atoms with Crippen molar-refractivity contribution in [1.82, 2.24) is 29.9 Å². The van der Waals surface area contributed by atoms with Crippen LogP contribution in [0.5, 0.6) is 0 Å². The number of hydrogen-bond acceptors (Lipinski definition) is 7. The molecule has 5 rings (SSSR count). The minimum absolute atomic E-state index is 0.324. The number of anilines is 2. The molecule has 4 aromatic rings. The Morgan fingerprint density at radius 2 is 2.03 bits per heavy atom. The Balaban J connectivity index is 1.50. The normalized spacial score (nSPS) is 24.1. The molecule has 0 radical (unpaired) electrons. The highest BCUT2D eigenvalue weighted by atomic mass is 32.3. The maximum absolute atomic E-state index is 10.4. The highest BCUT2D eigenvalue weighted by Gasteiger charge is 2.29. The van der Waals surface area contributed by atoms with Crippen LogP contribution in [0.4, 0.5) is 11.6 Å². The van der Waals surface area contributed by atoms with Gasteiger partial charge in [0.05, 0.1) is 23.6 Å². The molecule has 0 aliphatic carbocycles. The van der Waals surface area contributed by atoms with Gasteiger partial charge in [0.2, 0.25) is 5.95 Å². The summed E-state index contributed by atoms with van der Waals surface area (Å²) in [5.41, 5.74) is 5.68. The van der Waals surface area contributed by atoms with Crippen LogP contribution in [0.2, 0.25) is 0 Å². The van der Waals surface area contributed by atoms with Gasteiger partial charge in [-0.25, -0.2) is 9.97 Å². The number of fused-ring (bicyclic) bond motifs is 2. The Bertz CT molecular complexity index is 1240. The summed E-state index contributed by atoms with van der Waals surface area (Å²) in [6.45, 7) is 2.03. The Morgan fingerprint density at radius 3 is 2.83 bits per heavy atom. The molecule has 8 nitrogen and oxygen atoms in total. The molecule has 1 fully saturated rings. The predicted molar refractivity (Wildman–Crippen MR) is 122 cm³/mol. The molecule has 3 aromatic heterocycles. The third-order valence-corrected chi connectivity index (χ3v) is 8.15. The Morgan fingerprint density at radius 1 is 1.23 bits per heavy atom. The van der Waals surface area contributed by atoms with Crippen molar-refractivity contribution >= 4 is 43.9 Å². The quantitative estimate of drug-likeness (QED) is 0.510. The van der Waals surface area contributed by atoms with Crippen LogP contribution in [0.15, 0.2) is 30.6 Å². The lowest BCUT2D eigenvalue weighted by Gasteiger charge is -2.36. The number of aryl methyl sites for hydroxylation is 2. The van der Waals surface area contributed by atoms with Crippen molar-refractivity contribution < 1.29 is 4.55 Å². The standard InChI is InChI=1S/C21H25N7OS/c1-13-10-17-15(4-7-23-26-17)11-16(13)24-21-22-12-18-20(25-21)19(27-28(18)2)14-5-8-30(3,29)9-6-14/h4,7,10-12,14,29H,5-6,8-9H2,1-3H3,(H,22,24,25). The fourth-order valence-electron chi connectivity index (χ4n) is 4.10. The zero-order chi connectivity index (χ0) is 20.9. The van der Waals surface area contributed by atoms with Gasteiger partial charge in [0.15, 0.2) is 0 Å². The van der Waals surface area contributed by atoms with E-state index in [2.05, 4.69) is 20.5 Å². The summed E-state index contributed by atoms with van der Waals surface area (Å²) < 4.78 is 12.2. The molecule has 1 aromatic carbocycles. The van der Waals surface area contributed by atoms with Gasteiger partial charge < -0.3 is 9.87 Å². The summed E-state index contributed by atoms with van der Waals surface area (Å²) in [7, 11) is 0.501. The maximum Gasteiger partial charge on any atom is 0.227 e. The second kappa shape index (κ2) is 7.17. The van der Waals surface area contributed by atoms with E-state index >= 15 is 0 Å². The first kappa shape index (κ1) is 19.2. The van der Waals surface area contributed by atoms with E-state index in [0.717, 1.165) is 63.2 Å². The smallest absolute Gasteiger partial charge is 0.227 e. The molecular formula is C21H25N7OS. The summed E-state index contributed by atoms with van der Waals surface area (Å²) in [5, 5.41) is 17.3. The molecule has 0 saturated carbocycles. The van der Waals surface area contributed by atoms with E-state index in [1.807, 2.05) is 49.3 Å². The Kier molecular flexibility index (Phi) is 4.59. The third-order valence-electron chi connectivity index (χ3n) is 5.92. The molecule has 156 valence electrons. The van der Waals surface area contributed by atoms with Crippen LogP contribution < -0.4 is 5.32 Å². The van der Waals surface area contributed by atoms with E-state index in [1.54, 1.807) is 6.20 Å². The van der Waals surface area contributed by atoms with E-state index in [4.69, 9.17) is 10.1 Å². The topological polar surface area (TPSA) is 102 Å². The lowest BCUT2D eigenvalue weighted by atomic mass is 9.98. The molecule has 1 saturated heterocycles. The van der Waals surface area contributed by atoms with Gasteiger partial charge in [0.1, 0.15) is 11.0 Å². The molecule has 30 heavy (non-hydrogen) atoms. The van der Waals surface area contributed by atoms with Crippen molar-refractivity contribution in [2.75, 3.05) is 23.1 Å². The van der Waals surface area contributed by atoms with Gasteiger partial charge >= 0.3 is 0 Å². The van der Waals surface area contributed by atoms with Crippen LogP contribution in [0.25, 0.3) is 21.9 Å². The average Bonchev–Trinajstić information content (AvgIpc) is 3.04. The number of rotatable bonds is 3.